The molecule has 27 heavy (non-hydrogen) atoms. The molecule has 0 saturated heterocycles. The molecule has 2 amide bonds. The summed E-state index contributed by atoms with van der Waals surface area (Å²) in [6.45, 7) is 6.45. The third-order valence-corrected chi connectivity index (χ3v) is 5.13. The topological polar surface area (TPSA) is 73.6 Å². The number of aromatic nitrogens is 2. The molecule has 9 heteroatoms. The van der Waals surface area contributed by atoms with Crippen LogP contribution in [0.1, 0.15) is 18.2 Å². The minimum atomic E-state index is -0.521. The fourth-order valence-corrected chi connectivity index (χ4v) is 3.26. The number of nitrogens with zero attached hydrogens (tertiary/aromatic N) is 4. The SMILES string of the molecule is C=C1c2c(nc(NC[C@H](C)O)n2C)N(C)C(=O)N1Cc1ccc(Cl)c(Cl)c1. The number of hydrogen-bond donors (Lipinski definition) is 2. The first-order valence-corrected chi connectivity index (χ1v) is 9.13. The Bertz CT molecular complexity index is 909. The highest BCUT2D eigenvalue weighted by Crippen LogP contribution is 2.36. The van der Waals surface area contributed by atoms with Crippen LogP contribution in [0.4, 0.5) is 16.6 Å². The monoisotopic (exact) mass is 409 g/mol. The molecule has 2 heterocycles. The number of hydrogen-bond acceptors (Lipinski definition) is 4. The lowest BCUT2D eigenvalue weighted by Crippen LogP contribution is -2.44. The molecule has 1 aromatic heterocycles. The molecular weight excluding hydrogens is 389 g/mol. The standard InChI is InChI=1S/C18H21Cl2N5O2/c1-10(26)8-21-17-22-16-15(23(17)3)11(2)25(18(27)24(16)4)9-12-5-6-13(19)14(20)7-12/h5-7,10,26H,2,8-9H2,1,3-4H3,(H,21,22)/t10-/m0/s1. The summed E-state index contributed by atoms with van der Waals surface area (Å²) in [5.41, 5.74) is 2.11. The summed E-state index contributed by atoms with van der Waals surface area (Å²) in [5, 5.41) is 13.5. The van der Waals surface area contributed by atoms with Crippen molar-refractivity contribution in [2.45, 2.75) is 19.6 Å². The number of nitrogens with one attached hydrogen (secondary N) is 1. The number of imidazole rings is 1. The highest BCUT2D eigenvalue weighted by molar-refractivity contribution is 6.42. The number of rotatable bonds is 5. The first-order chi connectivity index (χ1) is 12.7. The predicted octanol–water partition coefficient (Wildman–Crippen LogP) is 3.56. The fraction of sp³-hybridized carbons (Fsp3) is 0.333. The third-order valence-electron chi connectivity index (χ3n) is 4.39. The number of fused-ring (bicyclic) bond motifs is 1. The molecule has 2 aromatic rings. The fourth-order valence-electron chi connectivity index (χ4n) is 2.94. The summed E-state index contributed by atoms with van der Waals surface area (Å²) in [6, 6.07) is 5.02. The normalized spacial score (nSPS) is 15.2. The van der Waals surface area contributed by atoms with E-state index < -0.39 is 6.10 Å². The Morgan fingerprint density at radius 3 is 2.63 bits per heavy atom. The van der Waals surface area contributed by atoms with Crippen molar-refractivity contribution in [2.75, 3.05) is 23.8 Å². The quantitative estimate of drug-likeness (QED) is 0.791. The molecule has 0 fully saturated rings. The molecule has 1 aliphatic heterocycles. The van der Waals surface area contributed by atoms with E-state index in [0.717, 1.165) is 11.3 Å². The van der Waals surface area contributed by atoms with Gasteiger partial charge in [0.05, 0.1) is 28.4 Å². The van der Waals surface area contributed by atoms with E-state index in [2.05, 4.69) is 16.9 Å². The van der Waals surface area contributed by atoms with Gasteiger partial charge in [0.25, 0.3) is 0 Å². The average Bonchev–Trinajstić information content (AvgIpc) is 2.95. The second kappa shape index (κ2) is 7.42. The number of aliphatic hydroxyl groups excluding tert-OH is 1. The zero-order chi connectivity index (χ0) is 19.9. The van der Waals surface area contributed by atoms with Crippen molar-refractivity contribution >= 4 is 46.7 Å². The third kappa shape index (κ3) is 3.63. The number of urea groups is 1. The van der Waals surface area contributed by atoms with Crippen LogP contribution in [0.2, 0.25) is 10.0 Å². The maximum Gasteiger partial charge on any atom is 0.330 e. The van der Waals surface area contributed by atoms with Gasteiger partial charge in [-0.15, -0.1) is 0 Å². The van der Waals surface area contributed by atoms with Crippen LogP contribution < -0.4 is 10.2 Å². The zero-order valence-electron chi connectivity index (χ0n) is 15.3. The molecule has 0 spiro atoms. The summed E-state index contributed by atoms with van der Waals surface area (Å²) in [7, 11) is 3.50. The molecule has 144 valence electrons. The molecule has 0 unspecified atom stereocenters. The average molecular weight is 410 g/mol. The summed E-state index contributed by atoms with van der Waals surface area (Å²) in [4.78, 5) is 20.4. The summed E-state index contributed by atoms with van der Waals surface area (Å²) in [5.74, 6) is 1.07. The number of halogens is 2. The Morgan fingerprint density at radius 2 is 2.00 bits per heavy atom. The van der Waals surface area contributed by atoms with E-state index in [1.54, 1.807) is 31.0 Å². The number of anilines is 2. The highest BCUT2D eigenvalue weighted by atomic mass is 35.5. The molecule has 1 aromatic carbocycles. The van der Waals surface area contributed by atoms with Crippen molar-refractivity contribution in [2.24, 2.45) is 7.05 Å². The molecule has 0 radical (unpaired) electrons. The molecular formula is C18H21Cl2N5O2. The first kappa shape index (κ1) is 19.5. The number of carbonyl (C=O) groups is 1. The van der Waals surface area contributed by atoms with E-state index in [-0.39, 0.29) is 6.03 Å². The first-order valence-electron chi connectivity index (χ1n) is 8.37. The van der Waals surface area contributed by atoms with Gasteiger partial charge in [-0.05, 0) is 24.6 Å². The van der Waals surface area contributed by atoms with Crippen LogP contribution in [0.5, 0.6) is 0 Å². The lowest BCUT2D eigenvalue weighted by molar-refractivity contribution is 0.208. The van der Waals surface area contributed by atoms with Gasteiger partial charge < -0.3 is 15.0 Å². The maximum atomic E-state index is 12.9. The van der Waals surface area contributed by atoms with Gasteiger partial charge in [0.2, 0.25) is 5.95 Å². The van der Waals surface area contributed by atoms with Crippen molar-refractivity contribution in [3.8, 4) is 0 Å². The summed E-state index contributed by atoms with van der Waals surface area (Å²) < 4.78 is 1.82. The minimum absolute atomic E-state index is 0.237. The van der Waals surface area contributed by atoms with E-state index in [9.17, 15) is 9.90 Å². The van der Waals surface area contributed by atoms with Crippen LogP contribution in [0, 0.1) is 0 Å². The minimum Gasteiger partial charge on any atom is -0.392 e. The number of aliphatic hydroxyl groups is 1. The van der Waals surface area contributed by atoms with Crippen LogP contribution >= 0.6 is 23.2 Å². The number of carbonyl (C=O) groups excluding carboxylic acids is 1. The van der Waals surface area contributed by atoms with E-state index in [4.69, 9.17) is 23.2 Å². The summed E-state index contributed by atoms with van der Waals surface area (Å²) in [6.07, 6.45) is -0.521. The van der Waals surface area contributed by atoms with Crippen LogP contribution in [-0.2, 0) is 13.6 Å². The zero-order valence-corrected chi connectivity index (χ0v) is 16.8. The van der Waals surface area contributed by atoms with Gasteiger partial charge in [0.1, 0.15) is 5.69 Å². The maximum absolute atomic E-state index is 12.9. The predicted molar refractivity (Wildman–Crippen MR) is 108 cm³/mol. The van der Waals surface area contributed by atoms with Crippen LogP contribution in [-0.4, -0.2) is 45.3 Å². The number of benzene rings is 1. The molecule has 1 aliphatic rings. The van der Waals surface area contributed by atoms with Gasteiger partial charge in [-0.25, -0.2) is 4.79 Å². The smallest absolute Gasteiger partial charge is 0.330 e. The van der Waals surface area contributed by atoms with Crippen molar-refractivity contribution in [3.05, 3.63) is 46.1 Å². The van der Waals surface area contributed by atoms with Crippen LogP contribution in [0.25, 0.3) is 5.70 Å². The van der Waals surface area contributed by atoms with Crippen molar-refractivity contribution in [1.29, 1.82) is 0 Å². The van der Waals surface area contributed by atoms with Gasteiger partial charge in [0, 0.05) is 20.6 Å². The largest absolute Gasteiger partial charge is 0.392 e. The summed E-state index contributed by atoms with van der Waals surface area (Å²) >= 11 is 12.1. The highest BCUT2D eigenvalue weighted by Gasteiger charge is 2.35. The van der Waals surface area contributed by atoms with Gasteiger partial charge in [-0.1, -0.05) is 35.8 Å². The Balaban J connectivity index is 1.93. The second-order valence-corrected chi connectivity index (χ2v) is 7.33. The molecule has 1 atom stereocenters. The molecule has 7 nitrogen and oxygen atoms in total. The Labute approximate surface area is 167 Å². The molecule has 0 bridgehead atoms. The van der Waals surface area contributed by atoms with E-state index in [1.807, 2.05) is 17.7 Å². The lowest BCUT2D eigenvalue weighted by Gasteiger charge is -2.34. The van der Waals surface area contributed by atoms with Gasteiger partial charge in [-0.3, -0.25) is 9.80 Å². The van der Waals surface area contributed by atoms with Gasteiger partial charge in [-0.2, -0.15) is 4.98 Å². The van der Waals surface area contributed by atoms with E-state index >= 15 is 0 Å². The molecule has 0 aliphatic carbocycles. The van der Waals surface area contributed by atoms with E-state index in [1.165, 1.54) is 4.90 Å². The molecule has 0 saturated carbocycles. The van der Waals surface area contributed by atoms with Gasteiger partial charge in [0.15, 0.2) is 5.82 Å². The van der Waals surface area contributed by atoms with E-state index in [0.29, 0.717) is 40.6 Å². The Hall–Kier alpha value is -2.22. The molecule has 3 rings (SSSR count). The Morgan fingerprint density at radius 1 is 1.30 bits per heavy atom. The van der Waals surface area contributed by atoms with Crippen LogP contribution in [0.3, 0.4) is 0 Å². The van der Waals surface area contributed by atoms with Crippen molar-refractivity contribution < 1.29 is 9.90 Å². The van der Waals surface area contributed by atoms with Crippen LogP contribution in [0.15, 0.2) is 24.8 Å². The lowest BCUT2D eigenvalue weighted by atomic mass is 10.1. The second-order valence-electron chi connectivity index (χ2n) is 6.52. The van der Waals surface area contributed by atoms with Crippen molar-refractivity contribution in [3.63, 3.8) is 0 Å². The Kier molecular flexibility index (Phi) is 5.37. The number of amides is 2. The molecule has 2 N–H and O–H groups in total. The van der Waals surface area contributed by atoms with Crippen molar-refractivity contribution in [1.82, 2.24) is 14.5 Å². The van der Waals surface area contributed by atoms with Gasteiger partial charge >= 0.3 is 6.03 Å².